The van der Waals surface area contributed by atoms with Crippen molar-refractivity contribution in [2.75, 3.05) is 40.2 Å². The average molecular weight is 779 g/mol. The number of amides is 3. The zero-order chi connectivity index (χ0) is 41.0. The van der Waals surface area contributed by atoms with Gasteiger partial charge in [0.15, 0.2) is 0 Å². The number of esters is 1. The van der Waals surface area contributed by atoms with E-state index < -0.39 is 71.9 Å². The van der Waals surface area contributed by atoms with Crippen molar-refractivity contribution in [3.63, 3.8) is 0 Å². The molecule has 1 aromatic heterocycles. The molecular weight excluding hydrogens is 721 g/mol. The number of nitrogens with zero attached hydrogens (tertiary/aromatic N) is 4. The Labute approximate surface area is 322 Å². The SMILES string of the molecule is CC[C@H](C)[C@@H]([C@@H](CC(=O)N1CCC[C@H]1[C@H](OC)[C@@H](C)C(=O)N[C@@H](Cc1ccccc1)C(=O)OC)OC)N(C)C(=O)[C@@H](Nc1nccc(C(F)(F)F)n1)C(C)C. The van der Waals surface area contributed by atoms with Crippen molar-refractivity contribution in [1.29, 1.82) is 0 Å². The number of hydrogen-bond donors (Lipinski definition) is 2. The fraction of sp³-hybridized carbons (Fsp3) is 0.641. The lowest BCUT2D eigenvalue weighted by molar-refractivity contribution is -0.148. The number of nitrogens with one attached hydrogen (secondary N) is 2. The monoisotopic (exact) mass is 778 g/mol. The summed E-state index contributed by atoms with van der Waals surface area (Å²) in [5.74, 6) is -3.27. The largest absolute Gasteiger partial charge is 0.467 e. The molecule has 306 valence electrons. The van der Waals surface area contributed by atoms with Crippen LogP contribution >= 0.6 is 0 Å². The molecule has 1 aliphatic heterocycles. The first kappa shape index (κ1) is 45.1. The zero-order valence-electron chi connectivity index (χ0n) is 33.3. The Hall–Kier alpha value is -4.31. The summed E-state index contributed by atoms with van der Waals surface area (Å²) in [6.07, 6.45) is -3.13. The summed E-state index contributed by atoms with van der Waals surface area (Å²) in [6.45, 7) is 9.53. The Balaban J connectivity index is 1.79. The van der Waals surface area contributed by atoms with Crippen LogP contribution in [-0.4, -0.2) is 115 Å². The first-order valence-corrected chi connectivity index (χ1v) is 18.7. The van der Waals surface area contributed by atoms with E-state index in [0.717, 1.165) is 17.8 Å². The quantitative estimate of drug-likeness (QED) is 0.191. The number of anilines is 1. The molecule has 8 atom stereocenters. The van der Waals surface area contributed by atoms with Crippen molar-refractivity contribution in [3.05, 3.63) is 53.9 Å². The number of halogens is 3. The van der Waals surface area contributed by atoms with Gasteiger partial charge in [-0.2, -0.15) is 13.2 Å². The van der Waals surface area contributed by atoms with Crippen LogP contribution in [0, 0.1) is 17.8 Å². The number of rotatable bonds is 19. The summed E-state index contributed by atoms with van der Waals surface area (Å²) in [4.78, 5) is 65.2. The van der Waals surface area contributed by atoms with Gasteiger partial charge in [0.25, 0.3) is 0 Å². The number of methoxy groups -OCH3 is 3. The van der Waals surface area contributed by atoms with E-state index in [-0.39, 0.29) is 36.5 Å². The van der Waals surface area contributed by atoms with E-state index in [1.54, 1.807) is 32.7 Å². The Bertz CT molecular complexity index is 1570. The van der Waals surface area contributed by atoms with Gasteiger partial charge in [-0.1, -0.05) is 71.4 Å². The van der Waals surface area contributed by atoms with E-state index in [9.17, 15) is 32.3 Å². The number of ether oxygens (including phenoxy) is 3. The number of alkyl halides is 3. The minimum Gasteiger partial charge on any atom is -0.467 e. The Morgan fingerprint density at radius 2 is 1.69 bits per heavy atom. The van der Waals surface area contributed by atoms with Crippen LogP contribution in [0.2, 0.25) is 0 Å². The average Bonchev–Trinajstić information content (AvgIpc) is 3.65. The third-order valence-electron chi connectivity index (χ3n) is 10.5. The maximum atomic E-state index is 14.2. The molecule has 3 amide bonds. The molecule has 0 saturated carbocycles. The summed E-state index contributed by atoms with van der Waals surface area (Å²) < 4.78 is 56.9. The molecule has 55 heavy (non-hydrogen) atoms. The van der Waals surface area contributed by atoms with Gasteiger partial charge in [-0.05, 0) is 36.3 Å². The van der Waals surface area contributed by atoms with Crippen LogP contribution in [0.5, 0.6) is 0 Å². The fourth-order valence-electron chi connectivity index (χ4n) is 7.25. The first-order valence-electron chi connectivity index (χ1n) is 18.7. The van der Waals surface area contributed by atoms with Gasteiger partial charge in [0.2, 0.25) is 23.7 Å². The smallest absolute Gasteiger partial charge is 0.433 e. The zero-order valence-corrected chi connectivity index (χ0v) is 33.3. The number of carbonyl (C=O) groups is 4. The summed E-state index contributed by atoms with van der Waals surface area (Å²) in [5, 5.41) is 5.62. The van der Waals surface area contributed by atoms with Crippen LogP contribution in [0.15, 0.2) is 42.6 Å². The van der Waals surface area contributed by atoms with Crippen LogP contribution in [0.4, 0.5) is 19.1 Å². The molecule has 2 aromatic rings. The van der Waals surface area contributed by atoms with Crippen molar-refractivity contribution >= 4 is 29.6 Å². The van der Waals surface area contributed by atoms with Crippen molar-refractivity contribution in [2.45, 2.75) is 109 Å². The maximum absolute atomic E-state index is 14.2. The van der Waals surface area contributed by atoms with Gasteiger partial charge in [0, 0.05) is 40.4 Å². The van der Waals surface area contributed by atoms with Crippen molar-refractivity contribution < 1.29 is 46.6 Å². The van der Waals surface area contributed by atoms with E-state index in [2.05, 4.69) is 20.6 Å². The molecule has 1 fully saturated rings. The molecule has 13 nitrogen and oxygen atoms in total. The maximum Gasteiger partial charge on any atom is 0.433 e. The lowest BCUT2D eigenvalue weighted by Crippen LogP contribution is -2.56. The Morgan fingerprint density at radius 1 is 1.02 bits per heavy atom. The van der Waals surface area contributed by atoms with Gasteiger partial charge in [-0.25, -0.2) is 14.8 Å². The first-order chi connectivity index (χ1) is 26.0. The molecule has 16 heteroatoms. The molecular formula is C39H57F3N6O7. The van der Waals surface area contributed by atoms with E-state index in [1.807, 2.05) is 44.2 Å². The van der Waals surface area contributed by atoms with Crippen LogP contribution in [0.1, 0.15) is 71.6 Å². The van der Waals surface area contributed by atoms with E-state index >= 15 is 0 Å². The van der Waals surface area contributed by atoms with Gasteiger partial charge in [-0.15, -0.1) is 0 Å². The van der Waals surface area contributed by atoms with Gasteiger partial charge >= 0.3 is 12.1 Å². The van der Waals surface area contributed by atoms with Crippen LogP contribution in [-0.2, 0) is 46.0 Å². The highest BCUT2D eigenvalue weighted by Crippen LogP contribution is 2.31. The molecule has 1 aliphatic rings. The molecule has 2 N–H and O–H groups in total. The van der Waals surface area contributed by atoms with Crippen LogP contribution in [0.3, 0.4) is 0 Å². The van der Waals surface area contributed by atoms with Gasteiger partial charge < -0.3 is 34.6 Å². The summed E-state index contributed by atoms with van der Waals surface area (Å²) in [5.41, 5.74) is -0.290. The van der Waals surface area contributed by atoms with Crippen molar-refractivity contribution in [3.8, 4) is 0 Å². The molecule has 0 aliphatic carbocycles. The topological polar surface area (TPSA) is 152 Å². The summed E-state index contributed by atoms with van der Waals surface area (Å²) in [7, 11) is 5.81. The Kier molecular flexibility index (Phi) is 16.9. The third-order valence-corrected chi connectivity index (χ3v) is 10.5. The predicted molar refractivity (Wildman–Crippen MR) is 199 cm³/mol. The molecule has 1 saturated heterocycles. The molecule has 0 radical (unpaired) electrons. The standard InChI is InChI=1S/C39H57F3N6O7/c1-10-24(4)33(47(6)36(51)32(23(2)3)46-38-43-19-18-30(45-38)39(40,41)42)29(53-7)22-31(49)48-20-14-17-28(48)34(54-8)25(5)35(50)44-27(37(52)55-9)21-26-15-12-11-13-16-26/h11-13,15-16,18-19,23-25,27-29,32-34H,10,14,17,20-22H2,1-9H3,(H,44,50)(H,43,45,46)/t24-,25+,27-,28-,29+,32-,33-,34+/m0/s1. The molecule has 2 heterocycles. The van der Waals surface area contributed by atoms with E-state index in [0.29, 0.717) is 25.8 Å². The highest BCUT2D eigenvalue weighted by Gasteiger charge is 2.43. The number of likely N-dealkylation sites (tertiary alicyclic amines) is 1. The summed E-state index contributed by atoms with van der Waals surface area (Å²) in [6, 6.07) is 7.04. The van der Waals surface area contributed by atoms with Gasteiger partial charge in [0.05, 0.1) is 43.7 Å². The van der Waals surface area contributed by atoms with Crippen molar-refractivity contribution in [2.24, 2.45) is 17.8 Å². The third kappa shape index (κ3) is 11.8. The number of likely N-dealkylation sites (N-methyl/N-ethyl adjacent to an activating group) is 1. The number of hydrogen-bond acceptors (Lipinski definition) is 10. The molecule has 3 rings (SSSR count). The predicted octanol–water partition coefficient (Wildman–Crippen LogP) is 4.75. The fourth-order valence-corrected chi connectivity index (χ4v) is 7.25. The second-order valence-electron chi connectivity index (χ2n) is 14.5. The minimum absolute atomic E-state index is 0.0886. The lowest BCUT2D eigenvalue weighted by Gasteiger charge is -2.40. The lowest BCUT2D eigenvalue weighted by atomic mass is 9.89. The normalized spacial score (nSPS) is 18.4. The molecule has 0 spiro atoms. The number of aromatic nitrogens is 2. The second kappa shape index (κ2) is 20.6. The second-order valence-corrected chi connectivity index (χ2v) is 14.5. The molecule has 0 bridgehead atoms. The van der Waals surface area contributed by atoms with Gasteiger partial charge in [-0.3, -0.25) is 14.4 Å². The van der Waals surface area contributed by atoms with Crippen LogP contribution < -0.4 is 10.6 Å². The van der Waals surface area contributed by atoms with E-state index in [1.165, 1.54) is 26.2 Å². The molecule has 1 aromatic carbocycles. The Morgan fingerprint density at radius 3 is 2.25 bits per heavy atom. The summed E-state index contributed by atoms with van der Waals surface area (Å²) >= 11 is 0. The van der Waals surface area contributed by atoms with E-state index in [4.69, 9.17) is 14.2 Å². The van der Waals surface area contributed by atoms with Gasteiger partial charge in [0.1, 0.15) is 17.8 Å². The van der Waals surface area contributed by atoms with Crippen molar-refractivity contribution in [1.82, 2.24) is 25.1 Å². The highest BCUT2D eigenvalue weighted by atomic mass is 19.4. The number of carbonyl (C=O) groups excluding carboxylic acids is 4. The van der Waals surface area contributed by atoms with Crippen LogP contribution in [0.25, 0.3) is 0 Å². The minimum atomic E-state index is -4.69. The number of benzene rings is 1. The molecule has 0 unspecified atom stereocenters. The highest BCUT2D eigenvalue weighted by molar-refractivity contribution is 5.87.